The van der Waals surface area contributed by atoms with Crippen LogP contribution in [0.5, 0.6) is 0 Å². The summed E-state index contributed by atoms with van der Waals surface area (Å²) in [7, 11) is 1.23. The van der Waals surface area contributed by atoms with Gasteiger partial charge >= 0.3 is 35.5 Å². The summed E-state index contributed by atoms with van der Waals surface area (Å²) >= 11 is 0. The number of methoxy groups -OCH3 is 1. The van der Waals surface area contributed by atoms with Crippen LogP contribution in [-0.4, -0.2) is 24.8 Å². The van der Waals surface area contributed by atoms with Gasteiger partial charge in [-0.1, -0.05) is 0 Å². The van der Waals surface area contributed by atoms with Gasteiger partial charge in [-0.15, -0.1) is 0 Å². The molecule has 0 unspecified atom stereocenters. The number of rotatable bonds is 6. The van der Waals surface area contributed by atoms with Crippen molar-refractivity contribution in [3.63, 3.8) is 0 Å². The molecule has 0 rings (SSSR count). The Morgan fingerprint density at radius 1 is 1.07 bits per heavy atom. The van der Waals surface area contributed by atoms with E-state index in [9.17, 15) is 19.5 Å². The number of carbonyl (C=O) groups is 3. The van der Waals surface area contributed by atoms with Crippen LogP contribution in [0.4, 0.5) is 0 Å². The van der Waals surface area contributed by atoms with Crippen LogP contribution >= 0.6 is 0 Å². The summed E-state index contributed by atoms with van der Waals surface area (Å²) in [5, 5.41) is 9.94. The van der Waals surface area contributed by atoms with E-state index >= 15 is 0 Å². The summed E-state index contributed by atoms with van der Waals surface area (Å²) in [5.41, 5.74) is 0. The van der Waals surface area contributed by atoms with Crippen molar-refractivity contribution in [1.29, 1.82) is 0 Å². The molecule has 0 atom stereocenters. The minimum Gasteiger partial charge on any atom is -0.550 e. The normalized spacial score (nSPS) is 8.64. The van der Waals surface area contributed by atoms with E-state index in [0.717, 1.165) is 0 Å². The molecule has 0 spiro atoms. The molecule has 14 heavy (non-hydrogen) atoms. The van der Waals surface area contributed by atoms with Crippen LogP contribution in [0.15, 0.2) is 0 Å². The number of aliphatic carboxylic acids is 1. The van der Waals surface area contributed by atoms with Crippen molar-refractivity contribution in [1.82, 2.24) is 0 Å². The standard InChI is InChI=1S/C8H12O5.Na/c1-13-8(12)5-3-6(9)2-4-7(10)11;/h2-5H2,1H3,(H,10,11);/q;+1/p-1. The topological polar surface area (TPSA) is 83.5 Å². The fourth-order valence-corrected chi connectivity index (χ4v) is 0.710. The molecule has 0 saturated heterocycles. The first-order valence-corrected chi connectivity index (χ1v) is 3.84. The third-order valence-electron chi connectivity index (χ3n) is 1.44. The van der Waals surface area contributed by atoms with Gasteiger partial charge in [-0.3, -0.25) is 9.59 Å². The average Bonchev–Trinajstić information content (AvgIpc) is 2.10. The molecule has 0 radical (unpaired) electrons. The minimum atomic E-state index is -1.26. The second kappa shape index (κ2) is 9.18. The SMILES string of the molecule is COC(=O)CCC(=O)CCC(=O)[O-].[Na+]. The van der Waals surface area contributed by atoms with E-state index in [2.05, 4.69) is 4.74 Å². The van der Waals surface area contributed by atoms with Crippen LogP contribution in [0.25, 0.3) is 0 Å². The molecular formula is C8H11NaO5. The maximum atomic E-state index is 10.9. The third-order valence-corrected chi connectivity index (χ3v) is 1.44. The van der Waals surface area contributed by atoms with E-state index < -0.39 is 11.9 Å². The van der Waals surface area contributed by atoms with Crippen LogP contribution in [0.2, 0.25) is 0 Å². The van der Waals surface area contributed by atoms with Gasteiger partial charge in [0.1, 0.15) is 5.78 Å². The Labute approximate surface area is 104 Å². The Morgan fingerprint density at radius 2 is 1.57 bits per heavy atom. The van der Waals surface area contributed by atoms with Crippen LogP contribution in [-0.2, 0) is 19.1 Å². The summed E-state index contributed by atoms with van der Waals surface area (Å²) in [5.74, 6) is -2.00. The summed E-state index contributed by atoms with van der Waals surface area (Å²) in [6, 6.07) is 0. The van der Waals surface area contributed by atoms with E-state index in [-0.39, 0.29) is 61.0 Å². The fourth-order valence-electron chi connectivity index (χ4n) is 0.710. The molecule has 74 valence electrons. The zero-order valence-electron chi connectivity index (χ0n) is 8.37. The van der Waals surface area contributed by atoms with Crippen molar-refractivity contribution in [3.05, 3.63) is 0 Å². The molecule has 5 nitrogen and oxygen atoms in total. The molecule has 0 saturated carbocycles. The number of ketones is 1. The van der Waals surface area contributed by atoms with Gasteiger partial charge in [0.05, 0.1) is 13.5 Å². The quantitative estimate of drug-likeness (QED) is 0.330. The summed E-state index contributed by atoms with van der Waals surface area (Å²) in [6.45, 7) is 0. The molecule has 0 amide bonds. The van der Waals surface area contributed by atoms with Gasteiger partial charge in [0.25, 0.3) is 0 Å². The van der Waals surface area contributed by atoms with Crippen molar-refractivity contribution < 1.29 is 53.8 Å². The fraction of sp³-hybridized carbons (Fsp3) is 0.625. The van der Waals surface area contributed by atoms with Crippen molar-refractivity contribution in [2.24, 2.45) is 0 Å². The number of carboxylic acids is 1. The Morgan fingerprint density at radius 3 is 2.00 bits per heavy atom. The molecule has 0 heterocycles. The molecule has 0 aromatic rings. The van der Waals surface area contributed by atoms with Gasteiger partial charge in [0.2, 0.25) is 0 Å². The van der Waals surface area contributed by atoms with E-state index in [1.54, 1.807) is 0 Å². The zero-order valence-corrected chi connectivity index (χ0v) is 10.4. The number of carbonyl (C=O) groups excluding carboxylic acids is 3. The van der Waals surface area contributed by atoms with Crippen LogP contribution < -0.4 is 34.7 Å². The number of hydrogen-bond acceptors (Lipinski definition) is 5. The average molecular weight is 210 g/mol. The van der Waals surface area contributed by atoms with E-state index in [1.165, 1.54) is 7.11 Å². The summed E-state index contributed by atoms with van der Waals surface area (Å²) < 4.78 is 4.31. The first kappa shape index (κ1) is 16.1. The molecule has 0 aromatic carbocycles. The predicted octanol–water partition coefficient (Wildman–Crippen LogP) is -3.96. The van der Waals surface area contributed by atoms with Crippen molar-refractivity contribution in [2.75, 3.05) is 7.11 Å². The first-order chi connectivity index (χ1) is 6.06. The maximum absolute atomic E-state index is 10.9. The van der Waals surface area contributed by atoms with E-state index in [1.807, 2.05) is 0 Å². The molecule has 0 aliphatic carbocycles. The Kier molecular flexibility index (Phi) is 10.5. The largest absolute Gasteiger partial charge is 1.00 e. The van der Waals surface area contributed by atoms with Crippen LogP contribution in [0, 0.1) is 0 Å². The number of carboxylic acid groups (broad SMARTS) is 1. The van der Waals surface area contributed by atoms with E-state index in [4.69, 9.17) is 0 Å². The Bertz CT molecular complexity index is 214. The first-order valence-electron chi connectivity index (χ1n) is 3.84. The number of esters is 1. The molecule has 0 aliphatic rings. The number of hydrogen-bond donors (Lipinski definition) is 0. The molecule has 0 aromatic heterocycles. The molecule has 0 fully saturated rings. The molecule has 6 heteroatoms. The molecule has 0 N–H and O–H groups in total. The van der Waals surface area contributed by atoms with Crippen LogP contribution in [0.1, 0.15) is 25.7 Å². The van der Waals surface area contributed by atoms with Gasteiger partial charge in [-0.2, -0.15) is 0 Å². The zero-order chi connectivity index (χ0) is 10.3. The summed E-state index contributed by atoms with van der Waals surface area (Å²) in [4.78, 5) is 31.4. The third kappa shape index (κ3) is 9.70. The smallest absolute Gasteiger partial charge is 0.550 e. The maximum Gasteiger partial charge on any atom is 1.00 e. The monoisotopic (exact) mass is 210 g/mol. The number of Topliss-reactive ketones (excluding diaryl/α,β-unsaturated/α-hetero) is 1. The molecule has 0 bridgehead atoms. The Balaban J connectivity index is 0. The second-order valence-corrected chi connectivity index (χ2v) is 2.49. The Hall–Kier alpha value is -0.390. The summed E-state index contributed by atoms with van der Waals surface area (Å²) in [6.07, 6.45) is -0.346. The van der Waals surface area contributed by atoms with Crippen LogP contribution in [0.3, 0.4) is 0 Å². The van der Waals surface area contributed by atoms with Crippen molar-refractivity contribution in [3.8, 4) is 0 Å². The van der Waals surface area contributed by atoms with Crippen molar-refractivity contribution >= 4 is 17.7 Å². The van der Waals surface area contributed by atoms with Crippen molar-refractivity contribution in [2.45, 2.75) is 25.7 Å². The number of ether oxygens (including phenoxy) is 1. The van der Waals surface area contributed by atoms with Gasteiger partial charge in [0.15, 0.2) is 0 Å². The minimum absolute atomic E-state index is 0. The van der Waals surface area contributed by atoms with Gasteiger partial charge in [-0.05, 0) is 6.42 Å². The van der Waals surface area contributed by atoms with Gasteiger partial charge in [-0.25, -0.2) is 0 Å². The van der Waals surface area contributed by atoms with Gasteiger partial charge in [0, 0.05) is 18.8 Å². The molecule has 0 aliphatic heterocycles. The van der Waals surface area contributed by atoms with Gasteiger partial charge < -0.3 is 14.6 Å². The van der Waals surface area contributed by atoms with E-state index in [0.29, 0.717) is 0 Å². The molecular weight excluding hydrogens is 199 g/mol. The predicted molar refractivity (Wildman–Crippen MR) is 40.5 cm³/mol. The second-order valence-electron chi connectivity index (χ2n) is 2.49.